The summed E-state index contributed by atoms with van der Waals surface area (Å²) >= 11 is 0. The lowest BCUT2D eigenvalue weighted by Gasteiger charge is -2.13. The molecule has 1 heterocycles. The number of ether oxygens (including phenoxy) is 2. The highest BCUT2D eigenvalue weighted by Crippen LogP contribution is 2.20. The summed E-state index contributed by atoms with van der Waals surface area (Å²) in [5, 5.41) is 12.0. The molecule has 10 nitrogen and oxygen atoms in total. The van der Waals surface area contributed by atoms with Gasteiger partial charge in [-0.25, -0.2) is 17.9 Å². The number of aliphatic hydroxyl groups excluding tert-OH is 1. The topological polar surface area (TPSA) is 140 Å². The number of anilines is 1. The maximum absolute atomic E-state index is 12.3. The molecule has 0 saturated heterocycles. The first-order valence-corrected chi connectivity index (χ1v) is 9.43. The standard InChI is InChI=1S/C16H20N4O6S/c1-10(21)12-7-5-4-6-11(12)9-27(23,24)20-16(22)19-15-17-13(25-2)8-14(18-15)26-3/h4-8,10,21H,9H2,1-3H3,(H2,17,18,19,20,22). The normalized spacial score (nSPS) is 12.1. The van der Waals surface area contributed by atoms with Crippen LogP contribution in [-0.2, 0) is 15.8 Å². The number of carbonyl (C=O) groups is 1. The van der Waals surface area contributed by atoms with Gasteiger partial charge in [-0.15, -0.1) is 0 Å². The van der Waals surface area contributed by atoms with Crippen LogP contribution < -0.4 is 19.5 Å². The molecule has 2 amide bonds. The number of aromatic nitrogens is 2. The third-order valence-corrected chi connectivity index (χ3v) is 4.61. The zero-order chi connectivity index (χ0) is 20.0. The van der Waals surface area contributed by atoms with E-state index in [9.17, 15) is 18.3 Å². The maximum Gasteiger partial charge on any atom is 0.335 e. The molecule has 0 spiro atoms. The molecule has 1 unspecified atom stereocenters. The number of nitrogens with one attached hydrogen (secondary N) is 2. The summed E-state index contributed by atoms with van der Waals surface area (Å²) < 4.78 is 36.3. The molecule has 0 aliphatic rings. The molecule has 3 N–H and O–H groups in total. The maximum atomic E-state index is 12.3. The summed E-state index contributed by atoms with van der Waals surface area (Å²) in [5.74, 6) is -0.413. The van der Waals surface area contributed by atoms with Gasteiger partial charge in [-0.2, -0.15) is 9.97 Å². The van der Waals surface area contributed by atoms with E-state index in [2.05, 4.69) is 15.3 Å². The Morgan fingerprint density at radius 3 is 2.33 bits per heavy atom. The van der Waals surface area contributed by atoms with Crippen LogP contribution in [0.25, 0.3) is 0 Å². The number of hydrogen-bond donors (Lipinski definition) is 3. The number of methoxy groups -OCH3 is 2. The van der Waals surface area contributed by atoms with Crippen molar-refractivity contribution < 1.29 is 27.8 Å². The molecule has 0 aliphatic heterocycles. The van der Waals surface area contributed by atoms with Gasteiger partial charge in [-0.3, -0.25) is 5.32 Å². The van der Waals surface area contributed by atoms with Gasteiger partial charge in [0.2, 0.25) is 27.7 Å². The summed E-state index contributed by atoms with van der Waals surface area (Å²) in [6.07, 6.45) is -0.845. The molecule has 0 saturated carbocycles. The van der Waals surface area contributed by atoms with Crippen molar-refractivity contribution in [2.24, 2.45) is 0 Å². The van der Waals surface area contributed by atoms with Gasteiger partial charge in [0, 0.05) is 0 Å². The third-order valence-electron chi connectivity index (χ3n) is 3.42. The highest BCUT2D eigenvalue weighted by molar-refractivity contribution is 7.89. The number of carbonyl (C=O) groups excluding carboxylic acids is 1. The number of urea groups is 1. The smallest absolute Gasteiger partial charge is 0.335 e. The highest BCUT2D eigenvalue weighted by atomic mass is 32.2. The van der Waals surface area contributed by atoms with Crippen molar-refractivity contribution in [1.82, 2.24) is 14.7 Å². The van der Waals surface area contributed by atoms with Crippen LogP contribution in [-0.4, -0.2) is 43.7 Å². The molecule has 1 aromatic carbocycles. The van der Waals surface area contributed by atoms with Crippen LogP contribution in [0.2, 0.25) is 0 Å². The number of hydrogen-bond acceptors (Lipinski definition) is 8. The number of nitrogens with zero attached hydrogens (tertiary/aromatic N) is 2. The second-order valence-electron chi connectivity index (χ2n) is 5.47. The van der Waals surface area contributed by atoms with Gasteiger partial charge in [-0.1, -0.05) is 24.3 Å². The van der Waals surface area contributed by atoms with Crippen molar-refractivity contribution in [3.63, 3.8) is 0 Å². The van der Waals surface area contributed by atoms with Gasteiger partial charge >= 0.3 is 6.03 Å². The summed E-state index contributed by atoms with van der Waals surface area (Å²) in [7, 11) is -1.29. The Morgan fingerprint density at radius 1 is 1.19 bits per heavy atom. The summed E-state index contributed by atoms with van der Waals surface area (Å²) in [5.41, 5.74) is 0.844. The minimum absolute atomic E-state index is 0.130. The van der Waals surface area contributed by atoms with Crippen LogP contribution >= 0.6 is 0 Å². The molecule has 146 valence electrons. The molecular weight excluding hydrogens is 376 g/mol. The van der Waals surface area contributed by atoms with Crippen LogP contribution in [0.5, 0.6) is 11.8 Å². The Bertz CT molecular complexity index is 895. The molecule has 2 aromatic rings. The largest absolute Gasteiger partial charge is 0.481 e. The molecule has 1 aromatic heterocycles. The number of benzene rings is 1. The second kappa shape index (κ2) is 8.64. The lowest BCUT2D eigenvalue weighted by Crippen LogP contribution is -2.35. The number of sulfonamides is 1. The monoisotopic (exact) mass is 396 g/mol. The number of rotatable bonds is 7. The van der Waals surface area contributed by atoms with Crippen molar-refractivity contribution in [1.29, 1.82) is 0 Å². The second-order valence-corrected chi connectivity index (χ2v) is 7.19. The number of amides is 2. The Morgan fingerprint density at radius 2 is 1.78 bits per heavy atom. The van der Waals surface area contributed by atoms with Crippen molar-refractivity contribution in [3.8, 4) is 11.8 Å². The molecule has 11 heteroatoms. The number of aliphatic hydroxyl groups is 1. The molecule has 0 aliphatic carbocycles. The van der Waals surface area contributed by atoms with Crippen molar-refractivity contribution in [2.75, 3.05) is 19.5 Å². The van der Waals surface area contributed by atoms with Crippen LogP contribution in [0.1, 0.15) is 24.2 Å². The Labute approximate surface area is 156 Å². The summed E-state index contributed by atoms with van der Waals surface area (Å²) in [6.45, 7) is 1.53. The lowest BCUT2D eigenvalue weighted by atomic mass is 10.1. The minimum atomic E-state index is -4.03. The average Bonchev–Trinajstić information content (AvgIpc) is 2.60. The molecule has 0 bridgehead atoms. The zero-order valence-corrected chi connectivity index (χ0v) is 15.8. The van der Waals surface area contributed by atoms with Crippen molar-refractivity contribution >= 4 is 22.0 Å². The van der Waals surface area contributed by atoms with E-state index in [-0.39, 0.29) is 17.7 Å². The molecule has 2 rings (SSSR count). The first-order valence-electron chi connectivity index (χ1n) is 7.78. The van der Waals surface area contributed by atoms with Gasteiger partial charge in [0.05, 0.1) is 32.1 Å². The molecular formula is C16H20N4O6S. The van der Waals surface area contributed by atoms with E-state index in [4.69, 9.17) is 9.47 Å². The quantitative estimate of drug-likeness (QED) is 0.634. The summed E-state index contributed by atoms with van der Waals surface area (Å²) in [6, 6.07) is 6.87. The van der Waals surface area contributed by atoms with Gasteiger partial charge in [-0.05, 0) is 18.1 Å². The predicted octanol–water partition coefficient (Wildman–Crippen LogP) is 1.20. The van der Waals surface area contributed by atoms with Crippen LogP contribution in [0.15, 0.2) is 30.3 Å². The van der Waals surface area contributed by atoms with E-state index in [0.717, 1.165) is 0 Å². The van der Waals surface area contributed by atoms with E-state index >= 15 is 0 Å². The fourth-order valence-corrected chi connectivity index (χ4v) is 3.33. The average molecular weight is 396 g/mol. The third kappa shape index (κ3) is 5.79. The van der Waals surface area contributed by atoms with E-state index in [1.54, 1.807) is 24.3 Å². The first-order chi connectivity index (χ1) is 12.7. The van der Waals surface area contributed by atoms with Crippen molar-refractivity contribution in [2.45, 2.75) is 18.8 Å². The summed E-state index contributed by atoms with van der Waals surface area (Å²) in [4.78, 5) is 19.8. The van der Waals surface area contributed by atoms with E-state index in [1.165, 1.54) is 27.2 Å². The van der Waals surface area contributed by atoms with E-state index < -0.39 is 27.9 Å². The minimum Gasteiger partial charge on any atom is -0.481 e. The molecule has 0 radical (unpaired) electrons. The van der Waals surface area contributed by atoms with Crippen LogP contribution in [0.3, 0.4) is 0 Å². The van der Waals surface area contributed by atoms with Crippen LogP contribution in [0.4, 0.5) is 10.7 Å². The van der Waals surface area contributed by atoms with Gasteiger partial charge < -0.3 is 14.6 Å². The fourth-order valence-electron chi connectivity index (χ4n) is 2.25. The zero-order valence-electron chi connectivity index (χ0n) is 15.0. The molecule has 27 heavy (non-hydrogen) atoms. The molecule has 0 fully saturated rings. The Balaban J connectivity index is 2.11. The highest BCUT2D eigenvalue weighted by Gasteiger charge is 2.19. The SMILES string of the molecule is COc1cc(OC)nc(NC(=O)NS(=O)(=O)Cc2ccccc2C(C)O)n1. The Hall–Kier alpha value is -2.92. The lowest BCUT2D eigenvalue weighted by molar-refractivity contribution is 0.198. The first kappa shape index (κ1) is 20.4. The fraction of sp³-hybridized carbons (Fsp3) is 0.312. The van der Waals surface area contributed by atoms with Gasteiger partial charge in [0.15, 0.2) is 0 Å². The van der Waals surface area contributed by atoms with Crippen LogP contribution in [0, 0.1) is 0 Å². The van der Waals surface area contributed by atoms with E-state index in [1.807, 2.05) is 4.72 Å². The molecule has 1 atom stereocenters. The van der Waals surface area contributed by atoms with Crippen molar-refractivity contribution in [3.05, 3.63) is 41.5 Å². The van der Waals surface area contributed by atoms with E-state index in [0.29, 0.717) is 11.1 Å². The van der Waals surface area contributed by atoms with Gasteiger partial charge in [0.25, 0.3) is 0 Å². The Kier molecular flexibility index (Phi) is 6.53. The van der Waals surface area contributed by atoms with Gasteiger partial charge in [0.1, 0.15) is 0 Å². The predicted molar refractivity (Wildman–Crippen MR) is 97.0 cm³/mol.